The summed E-state index contributed by atoms with van der Waals surface area (Å²) in [5, 5.41) is 3.42. The molecule has 1 amide bonds. The molecule has 0 spiro atoms. The highest BCUT2D eigenvalue weighted by Crippen LogP contribution is 2.31. The van der Waals surface area contributed by atoms with Crippen LogP contribution < -0.4 is 14.8 Å². The summed E-state index contributed by atoms with van der Waals surface area (Å²) in [6.07, 6.45) is 0. The van der Waals surface area contributed by atoms with Crippen LogP contribution in [-0.4, -0.2) is 25.1 Å². The van der Waals surface area contributed by atoms with Crippen molar-refractivity contribution in [2.75, 3.05) is 19.5 Å². The molecule has 128 valence electrons. The Balaban J connectivity index is 1.82. The lowest BCUT2D eigenvalue weighted by molar-refractivity contribution is 0.102. The lowest BCUT2D eigenvalue weighted by Gasteiger charge is -2.09. The number of methoxy groups -OCH3 is 2. The predicted octanol–water partition coefficient (Wildman–Crippen LogP) is 4.39. The number of benzene rings is 2. The quantitative estimate of drug-likeness (QED) is 0.738. The molecule has 0 bridgehead atoms. The Kier molecular flexibility index (Phi) is 5.00. The van der Waals surface area contributed by atoms with E-state index in [2.05, 4.69) is 10.3 Å². The lowest BCUT2D eigenvalue weighted by atomic mass is 10.1. The first-order chi connectivity index (χ1) is 12.1. The maximum Gasteiger partial charge on any atom is 0.257 e. The standard InChI is InChI=1S/C19H18N2O3S/c1-12-17(13-7-5-4-6-8-13)20-19(25-12)21-18(22)14-9-10-15(23-2)16(11-14)24-3/h4-11H,1-3H3,(H,20,21,22). The van der Waals surface area contributed by atoms with E-state index in [0.29, 0.717) is 22.2 Å². The molecule has 0 saturated heterocycles. The number of amides is 1. The van der Waals surface area contributed by atoms with E-state index in [9.17, 15) is 4.79 Å². The van der Waals surface area contributed by atoms with E-state index in [1.807, 2.05) is 37.3 Å². The average Bonchev–Trinajstić information content (AvgIpc) is 3.01. The third kappa shape index (κ3) is 3.64. The van der Waals surface area contributed by atoms with Crippen LogP contribution in [0.25, 0.3) is 11.3 Å². The van der Waals surface area contributed by atoms with Gasteiger partial charge in [-0.3, -0.25) is 10.1 Å². The van der Waals surface area contributed by atoms with E-state index in [4.69, 9.17) is 9.47 Å². The largest absolute Gasteiger partial charge is 0.493 e. The van der Waals surface area contributed by atoms with Crippen LogP contribution in [0.3, 0.4) is 0 Å². The second-order valence-electron chi connectivity index (χ2n) is 5.31. The summed E-state index contributed by atoms with van der Waals surface area (Å²) in [6, 6.07) is 14.9. The summed E-state index contributed by atoms with van der Waals surface area (Å²) >= 11 is 1.45. The molecular weight excluding hydrogens is 336 g/mol. The number of carbonyl (C=O) groups is 1. The van der Waals surface area contributed by atoms with Gasteiger partial charge in [-0.25, -0.2) is 4.98 Å². The van der Waals surface area contributed by atoms with Crippen LogP contribution in [0.1, 0.15) is 15.2 Å². The Morgan fingerprint density at radius 1 is 1.04 bits per heavy atom. The van der Waals surface area contributed by atoms with Crippen LogP contribution in [-0.2, 0) is 0 Å². The summed E-state index contributed by atoms with van der Waals surface area (Å²) in [5.41, 5.74) is 2.39. The lowest BCUT2D eigenvalue weighted by Crippen LogP contribution is -2.11. The number of thiazole rings is 1. The van der Waals surface area contributed by atoms with Crippen molar-refractivity contribution < 1.29 is 14.3 Å². The van der Waals surface area contributed by atoms with Gasteiger partial charge in [-0.1, -0.05) is 30.3 Å². The SMILES string of the molecule is COc1ccc(C(=O)Nc2nc(-c3ccccc3)c(C)s2)cc1OC. The minimum absolute atomic E-state index is 0.241. The first-order valence-corrected chi connectivity index (χ1v) is 8.50. The zero-order chi connectivity index (χ0) is 17.8. The van der Waals surface area contributed by atoms with Gasteiger partial charge in [0.1, 0.15) is 0 Å². The molecule has 0 atom stereocenters. The van der Waals surface area contributed by atoms with Gasteiger partial charge in [0.15, 0.2) is 16.6 Å². The fourth-order valence-corrected chi connectivity index (χ4v) is 3.29. The minimum Gasteiger partial charge on any atom is -0.493 e. The van der Waals surface area contributed by atoms with E-state index in [1.54, 1.807) is 25.3 Å². The molecule has 6 heteroatoms. The third-order valence-corrected chi connectivity index (χ3v) is 4.60. The van der Waals surface area contributed by atoms with Gasteiger partial charge in [-0.05, 0) is 25.1 Å². The van der Waals surface area contributed by atoms with Gasteiger partial charge in [0.2, 0.25) is 0 Å². The van der Waals surface area contributed by atoms with Crippen LogP contribution in [0.15, 0.2) is 48.5 Å². The Morgan fingerprint density at radius 3 is 2.44 bits per heavy atom. The zero-order valence-electron chi connectivity index (χ0n) is 14.2. The molecule has 2 aromatic carbocycles. The Bertz CT molecular complexity index is 891. The van der Waals surface area contributed by atoms with Crippen LogP contribution in [0.4, 0.5) is 5.13 Å². The number of nitrogens with zero attached hydrogens (tertiary/aromatic N) is 1. The van der Waals surface area contributed by atoms with E-state index >= 15 is 0 Å². The van der Waals surface area contributed by atoms with Crippen molar-refractivity contribution in [2.24, 2.45) is 0 Å². The van der Waals surface area contributed by atoms with Gasteiger partial charge >= 0.3 is 0 Å². The molecule has 0 radical (unpaired) electrons. The molecule has 0 aliphatic heterocycles. The van der Waals surface area contributed by atoms with Crippen molar-refractivity contribution in [2.45, 2.75) is 6.92 Å². The van der Waals surface area contributed by atoms with Gasteiger partial charge in [0.05, 0.1) is 19.9 Å². The van der Waals surface area contributed by atoms with E-state index in [-0.39, 0.29) is 5.91 Å². The monoisotopic (exact) mass is 354 g/mol. The molecule has 3 aromatic rings. The highest BCUT2D eigenvalue weighted by atomic mass is 32.1. The second kappa shape index (κ2) is 7.36. The summed E-state index contributed by atoms with van der Waals surface area (Å²) < 4.78 is 10.4. The number of carbonyl (C=O) groups excluding carboxylic acids is 1. The number of aryl methyl sites for hydroxylation is 1. The number of hydrogen-bond acceptors (Lipinski definition) is 5. The molecule has 0 saturated carbocycles. The van der Waals surface area contributed by atoms with E-state index in [1.165, 1.54) is 18.4 Å². The number of anilines is 1. The third-order valence-electron chi connectivity index (χ3n) is 3.71. The van der Waals surface area contributed by atoms with Gasteiger partial charge in [0, 0.05) is 16.0 Å². The summed E-state index contributed by atoms with van der Waals surface area (Å²) in [7, 11) is 3.09. The normalized spacial score (nSPS) is 10.4. The highest BCUT2D eigenvalue weighted by molar-refractivity contribution is 7.16. The van der Waals surface area contributed by atoms with Gasteiger partial charge in [-0.15, -0.1) is 11.3 Å². The molecule has 0 fully saturated rings. The number of ether oxygens (including phenoxy) is 2. The topological polar surface area (TPSA) is 60.5 Å². The Morgan fingerprint density at radius 2 is 1.76 bits per heavy atom. The molecule has 5 nitrogen and oxygen atoms in total. The number of nitrogens with one attached hydrogen (secondary N) is 1. The molecule has 1 aromatic heterocycles. The van der Waals surface area contributed by atoms with Crippen LogP contribution in [0.5, 0.6) is 11.5 Å². The number of hydrogen-bond donors (Lipinski definition) is 1. The Hall–Kier alpha value is -2.86. The summed E-state index contributed by atoms with van der Waals surface area (Å²) in [4.78, 5) is 18.1. The maximum absolute atomic E-state index is 12.5. The van der Waals surface area contributed by atoms with Gasteiger partial charge in [-0.2, -0.15) is 0 Å². The molecule has 0 unspecified atom stereocenters. The molecule has 1 heterocycles. The van der Waals surface area contributed by atoms with E-state index < -0.39 is 0 Å². The van der Waals surface area contributed by atoms with Crippen molar-refractivity contribution in [1.29, 1.82) is 0 Å². The van der Waals surface area contributed by atoms with Crippen LogP contribution in [0.2, 0.25) is 0 Å². The summed E-state index contributed by atoms with van der Waals surface area (Å²) in [6.45, 7) is 1.99. The van der Waals surface area contributed by atoms with E-state index in [0.717, 1.165) is 16.1 Å². The molecule has 0 aliphatic carbocycles. The van der Waals surface area contributed by atoms with Crippen molar-refractivity contribution in [3.8, 4) is 22.8 Å². The molecule has 1 N–H and O–H groups in total. The number of aromatic nitrogens is 1. The average molecular weight is 354 g/mol. The fraction of sp³-hybridized carbons (Fsp3) is 0.158. The van der Waals surface area contributed by atoms with Crippen molar-refractivity contribution in [3.05, 3.63) is 59.0 Å². The second-order valence-corrected chi connectivity index (χ2v) is 6.52. The molecule has 25 heavy (non-hydrogen) atoms. The van der Waals surface area contributed by atoms with Crippen LogP contribution in [0, 0.1) is 6.92 Å². The fourth-order valence-electron chi connectivity index (χ4n) is 2.46. The molecule has 0 aliphatic rings. The zero-order valence-corrected chi connectivity index (χ0v) is 15.0. The minimum atomic E-state index is -0.241. The van der Waals surface area contributed by atoms with Crippen molar-refractivity contribution in [3.63, 3.8) is 0 Å². The van der Waals surface area contributed by atoms with Crippen LogP contribution >= 0.6 is 11.3 Å². The summed E-state index contributed by atoms with van der Waals surface area (Å²) in [5.74, 6) is 0.847. The van der Waals surface area contributed by atoms with Gasteiger partial charge < -0.3 is 9.47 Å². The maximum atomic E-state index is 12.5. The van der Waals surface area contributed by atoms with Crippen molar-refractivity contribution >= 4 is 22.4 Å². The first-order valence-electron chi connectivity index (χ1n) is 7.68. The number of rotatable bonds is 5. The Labute approximate surface area is 150 Å². The first kappa shape index (κ1) is 17.0. The highest BCUT2D eigenvalue weighted by Gasteiger charge is 2.15. The predicted molar refractivity (Wildman–Crippen MR) is 99.8 cm³/mol. The smallest absolute Gasteiger partial charge is 0.257 e. The van der Waals surface area contributed by atoms with Crippen molar-refractivity contribution in [1.82, 2.24) is 4.98 Å². The molecular formula is C19H18N2O3S. The molecule has 3 rings (SSSR count). The van der Waals surface area contributed by atoms with Gasteiger partial charge in [0.25, 0.3) is 5.91 Å².